The molecule has 2 amide bonds. The molecule has 0 fully saturated rings. The van der Waals surface area contributed by atoms with Crippen molar-refractivity contribution in [3.63, 3.8) is 0 Å². The molecule has 0 saturated carbocycles. The van der Waals surface area contributed by atoms with Gasteiger partial charge in [0.05, 0.1) is 0 Å². The van der Waals surface area contributed by atoms with Crippen molar-refractivity contribution >= 4 is 39.6 Å². The summed E-state index contributed by atoms with van der Waals surface area (Å²) in [5.74, 6) is 1.38. The average Bonchev–Trinajstić information content (AvgIpc) is 3.36. The molecule has 1 N–H and O–H groups in total. The summed E-state index contributed by atoms with van der Waals surface area (Å²) in [6.07, 6.45) is 6.22. The van der Waals surface area contributed by atoms with Crippen LogP contribution in [0.15, 0.2) is 90.3 Å². The van der Waals surface area contributed by atoms with E-state index in [0.29, 0.717) is 18.7 Å². The Hall–Kier alpha value is -3.88. The summed E-state index contributed by atoms with van der Waals surface area (Å²) < 4.78 is 0. The van der Waals surface area contributed by atoms with Gasteiger partial charge in [0.1, 0.15) is 0 Å². The molecule has 4 rings (SSSR count). The molecule has 4 aromatic rings. The fourth-order valence-electron chi connectivity index (χ4n) is 3.67. The van der Waals surface area contributed by atoms with Crippen LogP contribution in [-0.2, 0) is 16.0 Å². The fraction of sp³-hybridized carbons (Fsp3) is 0.111. The Labute approximate surface area is 191 Å². The standard InChI is InChI=1S/C27H22N2O2S/c1-2-25(30)29(23-15-14-21-11-6-7-12-22(21)19-23)26(24-13-8-18-32-24)27(31)28-17-16-20-9-4-3-5-10-20/h1,3-15,18-19,26H,16-17H2,(H,28,31). The molecule has 0 spiro atoms. The molecule has 0 saturated heterocycles. The summed E-state index contributed by atoms with van der Waals surface area (Å²) in [7, 11) is 0. The van der Waals surface area contributed by atoms with Gasteiger partial charge in [0.25, 0.3) is 0 Å². The molecule has 1 unspecified atom stereocenters. The second-order valence-electron chi connectivity index (χ2n) is 7.30. The summed E-state index contributed by atoms with van der Waals surface area (Å²) >= 11 is 1.42. The molecule has 4 nitrogen and oxygen atoms in total. The minimum absolute atomic E-state index is 0.264. The number of hydrogen-bond acceptors (Lipinski definition) is 3. The number of benzene rings is 3. The zero-order chi connectivity index (χ0) is 22.3. The maximum atomic E-state index is 13.4. The highest BCUT2D eigenvalue weighted by atomic mass is 32.1. The van der Waals surface area contributed by atoms with Crippen molar-refractivity contribution in [1.82, 2.24) is 5.32 Å². The highest BCUT2D eigenvalue weighted by molar-refractivity contribution is 7.10. The second kappa shape index (κ2) is 9.95. The van der Waals surface area contributed by atoms with Crippen molar-refractivity contribution in [2.75, 3.05) is 11.4 Å². The Kier molecular flexibility index (Phi) is 6.64. The molecule has 0 aliphatic carbocycles. The van der Waals surface area contributed by atoms with Crippen LogP contribution in [0.4, 0.5) is 5.69 Å². The highest BCUT2D eigenvalue weighted by Gasteiger charge is 2.32. The van der Waals surface area contributed by atoms with Gasteiger partial charge >= 0.3 is 5.91 Å². The zero-order valence-corrected chi connectivity index (χ0v) is 18.2. The van der Waals surface area contributed by atoms with Crippen molar-refractivity contribution < 1.29 is 9.59 Å². The van der Waals surface area contributed by atoms with E-state index in [1.165, 1.54) is 16.2 Å². The molecule has 1 heterocycles. The lowest BCUT2D eigenvalue weighted by molar-refractivity contribution is -0.125. The Morgan fingerprint density at radius 2 is 1.69 bits per heavy atom. The number of carbonyl (C=O) groups is 2. The van der Waals surface area contributed by atoms with Crippen LogP contribution in [0.3, 0.4) is 0 Å². The second-order valence-corrected chi connectivity index (χ2v) is 8.27. The number of terminal acetylenes is 1. The minimum atomic E-state index is -0.851. The van der Waals surface area contributed by atoms with Crippen LogP contribution in [0.2, 0.25) is 0 Å². The van der Waals surface area contributed by atoms with Crippen LogP contribution < -0.4 is 10.2 Å². The molecular weight excluding hydrogens is 416 g/mol. The van der Waals surface area contributed by atoms with Crippen LogP contribution in [0.25, 0.3) is 10.8 Å². The van der Waals surface area contributed by atoms with Crippen LogP contribution >= 0.6 is 11.3 Å². The molecule has 3 aromatic carbocycles. The normalized spacial score (nSPS) is 11.5. The monoisotopic (exact) mass is 438 g/mol. The van der Waals surface area contributed by atoms with Gasteiger partial charge in [-0.25, -0.2) is 0 Å². The molecule has 0 radical (unpaired) electrons. The summed E-state index contributed by atoms with van der Waals surface area (Å²) in [4.78, 5) is 28.4. The molecule has 158 valence electrons. The molecule has 0 bridgehead atoms. The van der Waals surface area contributed by atoms with E-state index in [1.807, 2.05) is 90.3 Å². The van der Waals surface area contributed by atoms with Crippen molar-refractivity contribution in [2.24, 2.45) is 0 Å². The van der Waals surface area contributed by atoms with Crippen molar-refractivity contribution in [3.8, 4) is 12.3 Å². The number of fused-ring (bicyclic) bond motifs is 1. The molecular formula is C27H22N2O2S. The lowest BCUT2D eigenvalue weighted by atomic mass is 10.1. The van der Waals surface area contributed by atoms with E-state index < -0.39 is 11.9 Å². The molecule has 5 heteroatoms. The van der Waals surface area contributed by atoms with E-state index in [1.54, 1.807) is 0 Å². The number of amides is 2. The van der Waals surface area contributed by atoms with Crippen molar-refractivity contribution in [1.29, 1.82) is 0 Å². The predicted octanol–water partition coefficient (Wildman–Crippen LogP) is 4.97. The van der Waals surface area contributed by atoms with Gasteiger partial charge in [0.15, 0.2) is 6.04 Å². The number of anilines is 1. The van der Waals surface area contributed by atoms with Crippen LogP contribution in [0.1, 0.15) is 16.5 Å². The SMILES string of the molecule is C#CC(=O)N(c1ccc2ccccc2c1)C(C(=O)NCCc1ccccc1)c1cccs1. The molecule has 1 atom stereocenters. The van der Waals surface area contributed by atoms with E-state index >= 15 is 0 Å². The van der Waals surface area contributed by atoms with E-state index in [2.05, 4.69) is 11.2 Å². The topological polar surface area (TPSA) is 49.4 Å². The fourth-order valence-corrected chi connectivity index (χ4v) is 4.48. The summed E-state index contributed by atoms with van der Waals surface area (Å²) in [5.41, 5.74) is 1.72. The summed E-state index contributed by atoms with van der Waals surface area (Å²) in [6.45, 7) is 0.459. The molecule has 32 heavy (non-hydrogen) atoms. The van der Waals surface area contributed by atoms with Crippen LogP contribution in [-0.4, -0.2) is 18.4 Å². The number of hydrogen-bond donors (Lipinski definition) is 1. The number of thiophene rings is 1. The number of nitrogens with zero attached hydrogens (tertiary/aromatic N) is 1. The minimum Gasteiger partial charge on any atom is -0.354 e. The van der Waals surface area contributed by atoms with Gasteiger partial charge in [-0.15, -0.1) is 17.8 Å². The Morgan fingerprint density at radius 1 is 0.938 bits per heavy atom. The lowest BCUT2D eigenvalue weighted by Crippen LogP contribution is -2.43. The van der Waals surface area contributed by atoms with Crippen LogP contribution in [0, 0.1) is 12.3 Å². The first-order chi connectivity index (χ1) is 15.7. The van der Waals surface area contributed by atoms with E-state index in [4.69, 9.17) is 6.42 Å². The first-order valence-electron chi connectivity index (χ1n) is 10.3. The van der Waals surface area contributed by atoms with Gasteiger partial charge in [-0.05, 0) is 52.3 Å². The van der Waals surface area contributed by atoms with Gasteiger partial charge in [-0.2, -0.15) is 0 Å². The highest BCUT2D eigenvalue weighted by Crippen LogP contribution is 2.32. The van der Waals surface area contributed by atoms with Crippen molar-refractivity contribution in [2.45, 2.75) is 12.5 Å². The quantitative estimate of drug-likeness (QED) is 0.414. The Balaban J connectivity index is 1.66. The third-order valence-electron chi connectivity index (χ3n) is 5.23. The Morgan fingerprint density at radius 3 is 2.41 bits per heavy atom. The summed E-state index contributed by atoms with van der Waals surface area (Å²) in [6, 6.07) is 26.3. The van der Waals surface area contributed by atoms with Crippen LogP contribution in [0.5, 0.6) is 0 Å². The predicted molar refractivity (Wildman–Crippen MR) is 130 cm³/mol. The number of rotatable bonds is 7. The van der Waals surface area contributed by atoms with Gasteiger partial charge in [-0.1, -0.05) is 66.7 Å². The van der Waals surface area contributed by atoms with Gasteiger partial charge in [-0.3, -0.25) is 14.5 Å². The molecule has 0 aliphatic rings. The zero-order valence-electron chi connectivity index (χ0n) is 17.4. The van der Waals surface area contributed by atoms with E-state index in [-0.39, 0.29) is 5.91 Å². The average molecular weight is 439 g/mol. The first-order valence-corrected chi connectivity index (χ1v) is 11.2. The number of nitrogens with one attached hydrogen (secondary N) is 1. The third-order valence-corrected chi connectivity index (χ3v) is 6.15. The first kappa shape index (κ1) is 21.4. The number of carbonyl (C=O) groups excluding carboxylic acids is 2. The van der Waals surface area contributed by atoms with Gasteiger partial charge in [0.2, 0.25) is 5.91 Å². The summed E-state index contributed by atoms with van der Waals surface area (Å²) in [5, 5.41) is 6.89. The largest absolute Gasteiger partial charge is 0.354 e. The Bertz CT molecular complexity index is 1260. The smallest absolute Gasteiger partial charge is 0.303 e. The maximum absolute atomic E-state index is 13.4. The van der Waals surface area contributed by atoms with E-state index in [9.17, 15) is 9.59 Å². The molecule has 0 aliphatic heterocycles. The maximum Gasteiger partial charge on any atom is 0.303 e. The van der Waals surface area contributed by atoms with Crippen molar-refractivity contribution in [3.05, 3.63) is 101 Å². The van der Waals surface area contributed by atoms with Gasteiger partial charge in [0, 0.05) is 17.1 Å². The third kappa shape index (κ3) is 4.72. The van der Waals surface area contributed by atoms with Gasteiger partial charge < -0.3 is 5.32 Å². The molecule has 1 aromatic heterocycles. The lowest BCUT2D eigenvalue weighted by Gasteiger charge is -2.29. The van der Waals surface area contributed by atoms with E-state index in [0.717, 1.165) is 21.2 Å².